The first kappa shape index (κ1) is 14.1. The van der Waals surface area contributed by atoms with Crippen LogP contribution in [0.4, 0.5) is 0 Å². The van der Waals surface area contributed by atoms with Gasteiger partial charge in [-0.15, -0.1) is 0 Å². The molecule has 0 saturated heterocycles. The molecule has 0 fully saturated rings. The predicted molar refractivity (Wildman–Crippen MR) is 89.5 cm³/mol. The summed E-state index contributed by atoms with van der Waals surface area (Å²) in [7, 11) is 0. The molecule has 0 amide bonds. The van der Waals surface area contributed by atoms with Crippen molar-refractivity contribution < 1.29 is 19.8 Å². The number of carbonyl (C=O) groups is 2. The van der Waals surface area contributed by atoms with Crippen LogP contribution in [0.5, 0.6) is 0 Å². The molecule has 2 heterocycles. The fraction of sp³-hybridized carbons (Fsp3) is 0. The third kappa shape index (κ3) is 2.04. The molecule has 24 heavy (non-hydrogen) atoms. The third-order valence-electron chi connectivity index (χ3n) is 4.06. The van der Waals surface area contributed by atoms with Gasteiger partial charge in [-0.25, -0.2) is 9.59 Å². The molecule has 2 aromatic heterocycles. The van der Waals surface area contributed by atoms with Gasteiger partial charge in [0.25, 0.3) is 0 Å². The Morgan fingerprint density at radius 2 is 1.12 bits per heavy atom. The van der Waals surface area contributed by atoms with E-state index in [1.165, 1.54) is 0 Å². The van der Waals surface area contributed by atoms with Gasteiger partial charge in [0.2, 0.25) is 0 Å². The summed E-state index contributed by atoms with van der Waals surface area (Å²) in [6.45, 7) is 0. The standard InChI is InChI=1S/C18H12N2O4/c21-17(22)13-7-9-3-1-5-11(15(9)19-13)12-6-2-4-10-8-14(18(23)24)20-16(10)12/h1-8,19-20H,(H,21,22)(H,23,24). The Morgan fingerprint density at radius 1 is 0.708 bits per heavy atom. The van der Waals surface area contributed by atoms with Crippen molar-refractivity contribution in [3.05, 3.63) is 59.9 Å². The molecular weight excluding hydrogens is 308 g/mol. The van der Waals surface area contributed by atoms with Gasteiger partial charge in [-0.1, -0.05) is 36.4 Å². The Labute approximate surface area is 135 Å². The maximum absolute atomic E-state index is 11.2. The lowest BCUT2D eigenvalue weighted by atomic mass is 10.0. The fourth-order valence-electron chi connectivity index (χ4n) is 2.99. The summed E-state index contributed by atoms with van der Waals surface area (Å²) in [5.74, 6) is -2.05. The van der Waals surface area contributed by atoms with Crippen LogP contribution in [-0.4, -0.2) is 32.1 Å². The number of aromatic amines is 2. The van der Waals surface area contributed by atoms with Gasteiger partial charge in [-0.2, -0.15) is 0 Å². The third-order valence-corrected chi connectivity index (χ3v) is 4.06. The number of nitrogens with one attached hydrogen (secondary N) is 2. The van der Waals surface area contributed by atoms with Crippen LogP contribution in [0.25, 0.3) is 32.9 Å². The highest BCUT2D eigenvalue weighted by Gasteiger charge is 2.15. The second kappa shape index (κ2) is 4.99. The highest BCUT2D eigenvalue weighted by Crippen LogP contribution is 2.33. The Kier molecular flexibility index (Phi) is 2.93. The summed E-state index contributed by atoms with van der Waals surface area (Å²) in [4.78, 5) is 28.3. The number of carboxylic acids is 2. The number of hydrogen-bond donors (Lipinski definition) is 4. The normalized spacial score (nSPS) is 11.2. The van der Waals surface area contributed by atoms with Crippen LogP contribution in [0.1, 0.15) is 21.0 Å². The average molecular weight is 320 g/mol. The van der Waals surface area contributed by atoms with Crippen LogP contribution < -0.4 is 0 Å². The molecule has 0 radical (unpaired) electrons. The Balaban J connectivity index is 2.02. The van der Waals surface area contributed by atoms with Crippen molar-refractivity contribution in [2.45, 2.75) is 0 Å². The lowest BCUT2D eigenvalue weighted by Crippen LogP contribution is -1.95. The molecule has 4 N–H and O–H groups in total. The van der Waals surface area contributed by atoms with Crippen molar-refractivity contribution in [3.63, 3.8) is 0 Å². The molecular formula is C18H12N2O4. The molecule has 118 valence electrons. The molecule has 6 heteroatoms. The highest BCUT2D eigenvalue weighted by molar-refractivity contribution is 6.06. The molecule has 2 aromatic carbocycles. The maximum Gasteiger partial charge on any atom is 0.352 e. The van der Waals surface area contributed by atoms with Crippen molar-refractivity contribution >= 4 is 33.7 Å². The summed E-state index contributed by atoms with van der Waals surface area (Å²) < 4.78 is 0. The van der Waals surface area contributed by atoms with E-state index < -0.39 is 11.9 Å². The van der Waals surface area contributed by atoms with Gasteiger partial charge in [0, 0.05) is 21.9 Å². The van der Waals surface area contributed by atoms with Gasteiger partial charge >= 0.3 is 11.9 Å². The van der Waals surface area contributed by atoms with E-state index in [1.54, 1.807) is 12.1 Å². The van der Waals surface area contributed by atoms with E-state index in [0.717, 1.165) is 21.9 Å². The van der Waals surface area contributed by atoms with E-state index in [4.69, 9.17) is 0 Å². The van der Waals surface area contributed by atoms with Crippen molar-refractivity contribution in [3.8, 4) is 11.1 Å². The second-order valence-electron chi connectivity index (χ2n) is 5.52. The lowest BCUT2D eigenvalue weighted by molar-refractivity contribution is 0.0681. The Bertz CT molecular complexity index is 1030. The number of aromatic nitrogens is 2. The monoisotopic (exact) mass is 320 g/mol. The Hall–Kier alpha value is -3.54. The first-order chi connectivity index (χ1) is 11.5. The quantitative estimate of drug-likeness (QED) is 0.461. The van der Waals surface area contributed by atoms with E-state index >= 15 is 0 Å². The van der Waals surface area contributed by atoms with Crippen LogP contribution in [-0.2, 0) is 0 Å². The molecule has 6 nitrogen and oxygen atoms in total. The molecule has 0 aliphatic rings. The summed E-state index contributed by atoms with van der Waals surface area (Å²) in [6.07, 6.45) is 0. The molecule has 4 aromatic rings. The van der Waals surface area contributed by atoms with E-state index in [1.807, 2.05) is 36.4 Å². The van der Waals surface area contributed by atoms with Gasteiger partial charge < -0.3 is 20.2 Å². The Morgan fingerprint density at radius 3 is 1.50 bits per heavy atom. The van der Waals surface area contributed by atoms with Crippen molar-refractivity contribution in [1.29, 1.82) is 0 Å². The molecule has 0 unspecified atom stereocenters. The average Bonchev–Trinajstić information content (AvgIpc) is 3.18. The molecule has 0 spiro atoms. The molecule has 4 rings (SSSR count). The van der Waals surface area contributed by atoms with Crippen LogP contribution in [0.2, 0.25) is 0 Å². The molecule has 0 atom stereocenters. The molecule has 0 aliphatic heterocycles. The van der Waals surface area contributed by atoms with Gasteiger partial charge in [-0.05, 0) is 12.1 Å². The minimum Gasteiger partial charge on any atom is -0.477 e. The highest BCUT2D eigenvalue weighted by atomic mass is 16.4. The molecule has 0 aliphatic carbocycles. The van der Waals surface area contributed by atoms with Crippen molar-refractivity contribution in [2.24, 2.45) is 0 Å². The summed E-state index contributed by atoms with van der Waals surface area (Å²) in [5, 5.41) is 19.9. The smallest absolute Gasteiger partial charge is 0.352 e. The topological polar surface area (TPSA) is 106 Å². The zero-order chi connectivity index (χ0) is 16.8. The number of carboxylic acid groups (broad SMARTS) is 2. The van der Waals surface area contributed by atoms with Gasteiger partial charge in [0.1, 0.15) is 11.4 Å². The van der Waals surface area contributed by atoms with E-state index in [0.29, 0.717) is 11.0 Å². The number of aromatic carboxylic acids is 2. The zero-order valence-electron chi connectivity index (χ0n) is 12.3. The van der Waals surface area contributed by atoms with Crippen LogP contribution in [0.15, 0.2) is 48.5 Å². The van der Waals surface area contributed by atoms with E-state index in [-0.39, 0.29) is 11.4 Å². The summed E-state index contributed by atoms with van der Waals surface area (Å²) >= 11 is 0. The van der Waals surface area contributed by atoms with Gasteiger partial charge in [0.15, 0.2) is 0 Å². The van der Waals surface area contributed by atoms with E-state index in [9.17, 15) is 19.8 Å². The van der Waals surface area contributed by atoms with Crippen LogP contribution in [0, 0.1) is 0 Å². The number of hydrogen-bond acceptors (Lipinski definition) is 2. The number of benzene rings is 2. The zero-order valence-corrected chi connectivity index (χ0v) is 12.3. The maximum atomic E-state index is 11.2. The summed E-state index contributed by atoms with van der Waals surface area (Å²) in [6, 6.07) is 14.3. The number of H-pyrrole nitrogens is 2. The lowest BCUT2D eigenvalue weighted by Gasteiger charge is -2.05. The SMILES string of the molecule is O=C(O)c1cc2cccc(-c3cccc4cc(C(=O)O)[nH]c34)c2[nH]1. The molecule has 0 bridgehead atoms. The van der Waals surface area contributed by atoms with Crippen LogP contribution in [0.3, 0.4) is 0 Å². The van der Waals surface area contributed by atoms with Gasteiger partial charge in [0.05, 0.1) is 11.0 Å². The largest absolute Gasteiger partial charge is 0.477 e. The van der Waals surface area contributed by atoms with Crippen LogP contribution >= 0.6 is 0 Å². The van der Waals surface area contributed by atoms with Gasteiger partial charge in [-0.3, -0.25) is 0 Å². The predicted octanol–water partition coefficient (Wildman–Crippen LogP) is 3.71. The molecule has 0 saturated carbocycles. The van der Waals surface area contributed by atoms with Crippen molar-refractivity contribution in [1.82, 2.24) is 9.97 Å². The second-order valence-corrected chi connectivity index (χ2v) is 5.52. The van der Waals surface area contributed by atoms with E-state index in [2.05, 4.69) is 9.97 Å². The number of para-hydroxylation sites is 2. The minimum atomic E-state index is -1.02. The first-order valence-electron chi connectivity index (χ1n) is 7.25. The fourth-order valence-corrected chi connectivity index (χ4v) is 2.99. The number of fused-ring (bicyclic) bond motifs is 2. The minimum absolute atomic E-state index is 0.113. The first-order valence-corrected chi connectivity index (χ1v) is 7.25. The number of rotatable bonds is 3. The van der Waals surface area contributed by atoms with Crippen molar-refractivity contribution in [2.75, 3.05) is 0 Å². The summed E-state index contributed by atoms with van der Waals surface area (Å²) in [5.41, 5.74) is 3.25.